The fourth-order valence-electron chi connectivity index (χ4n) is 0. The molecule has 0 bridgehead atoms. The molecule has 0 aromatic rings. The van der Waals surface area contributed by atoms with Crippen molar-refractivity contribution in [1.29, 1.82) is 0 Å². The average molecular weight is 376 g/mol. The second-order valence-electron chi connectivity index (χ2n) is 1.06. The van der Waals surface area contributed by atoms with E-state index in [-0.39, 0.29) is 38.6 Å². The molecule has 0 aliphatic carbocycles. The molecule has 0 rings (SSSR count). The molecular formula is C4H14ClN4O2Os-. The molecule has 8 heteroatoms. The summed E-state index contributed by atoms with van der Waals surface area (Å²) in [6.07, 6.45) is 0. The number of hydrogen-bond donors (Lipinski definition) is 0. The molecule has 78 valence electrons. The quantitative estimate of drug-likeness (QED) is 0.722. The maximum absolute atomic E-state index is 8.51. The number of halogens is 1. The Kier molecular flexibility index (Phi) is 80.7. The second kappa shape index (κ2) is 42.4. The molecule has 0 unspecified atom stereocenters. The van der Waals surface area contributed by atoms with Crippen LogP contribution in [0.25, 0.3) is 22.9 Å². The van der Waals surface area contributed by atoms with Crippen LogP contribution in [-0.2, 0) is 24.4 Å². The molecule has 12 heavy (non-hydrogen) atoms. The standard InChI is InChI=1S/2C2H6N2.ClH2.2O.Os/c2*3-1-2-4;;;;/h2*3-4H,1-2H2;1H2;;;/q2*-2;+1;;;+2. The van der Waals surface area contributed by atoms with E-state index in [0.29, 0.717) is 0 Å². The van der Waals surface area contributed by atoms with Gasteiger partial charge in [0.1, 0.15) is 0 Å². The van der Waals surface area contributed by atoms with Gasteiger partial charge in [-0.25, -0.2) is 0 Å². The third-order valence-corrected chi connectivity index (χ3v) is 0.250. The topological polar surface area (TPSA) is 129 Å². The molecule has 0 aliphatic rings. The van der Waals surface area contributed by atoms with Crippen molar-refractivity contribution in [3.8, 4) is 0 Å². The maximum atomic E-state index is 8.51. The van der Waals surface area contributed by atoms with Crippen LogP contribution in [0.2, 0.25) is 0 Å². The van der Waals surface area contributed by atoms with Gasteiger partial charge < -0.3 is 22.9 Å². The van der Waals surface area contributed by atoms with Crippen molar-refractivity contribution in [2.45, 2.75) is 0 Å². The minimum atomic E-state index is -2.08. The third kappa shape index (κ3) is 162. The Morgan fingerprint density at radius 1 is 0.750 bits per heavy atom. The Morgan fingerprint density at radius 2 is 0.833 bits per heavy atom. The van der Waals surface area contributed by atoms with Crippen LogP contribution in [0.4, 0.5) is 0 Å². The van der Waals surface area contributed by atoms with Crippen LogP contribution in [0.1, 0.15) is 0 Å². The molecule has 4 N–H and O–H groups in total. The van der Waals surface area contributed by atoms with Crippen LogP contribution >= 0.6 is 0 Å². The summed E-state index contributed by atoms with van der Waals surface area (Å²) in [5.41, 5.74) is 25.1. The van der Waals surface area contributed by atoms with Crippen molar-refractivity contribution in [3.05, 3.63) is 22.9 Å². The van der Waals surface area contributed by atoms with Gasteiger partial charge in [-0.3, -0.25) is 0 Å². The molecule has 0 saturated heterocycles. The molecule has 0 amide bonds. The molecule has 0 fully saturated rings. The number of nitrogens with one attached hydrogen (secondary N) is 4. The predicted octanol–water partition coefficient (Wildman–Crippen LogP) is 1.41. The molecule has 6 nitrogen and oxygen atoms in total. The van der Waals surface area contributed by atoms with E-state index in [2.05, 4.69) is 0 Å². The third-order valence-electron chi connectivity index (χ3n) is 0.250. The van der Waals surface area contributed by atoms with Crippen LogP contribution in [0.15, 0.2) is 0 Å². The summed E-state index contributed by atoms with van der Waals surface area (Å²) in [5.74, 6) is 0. The molecule has 0 saturated carbocycles. The van der Waals surface area contributed by atoms with Gasteiger partial charge in [0.25, 0.3) is 0 Å². The van der Waals surface area contributed by atoms with Gasteiger partial charge in [-0.15, -0.1) is 0 Å². The second-order valence-corrected chi connectivity index (χ2v) is 1.48. The van der Waals surface area contributed by atoms with Gasteiger partial charge in [-0.1, -0.05) is 0 Å². The fourth-order valence-corrected chi connectivity index (χ4v) is 0. The first-order valence-corrected chi connectivity index (χ1v) is 4.78. The van der Waals surface area contributed by atoms with Crippen molar-refractivity contribution in [1.82, 2.24) is 0 Å². The van der Waals surface area contributed by atoms with E-state index in [1.165, 1.54) is 0 Å². The zero-order chi connectivity index (χ0) is 9.54. The molecule has 0 aromatic carbocycles. The van der Waals surface area contributed by atoms with Gasteiger partial charge in [-0.05, 0) is 0 Å². The van der Waals surface area contributed by atoms with Crippen LogP contribution in [0, 0.1) is 12.4 Å². The summed E-state index contributed by atoms with van der Waals surface area (Å²) in [6.45, 7) is 0.944. The zero-order valence-corrected chi connectivity index (χ0v) is 9.88. The van der Waals surface area contributed by atoms with E-state index in [0.717, 1.165) is 0 Å². The van der Waals surface area contributed by atoms with Gasteiger partial charge >= 0.3 is 24.4 Å². The van der Waals surface area contributed by atoms with Crippen molar-refractivity contribution in [3.63, 3.8) is 0 Å². The Morgan fingerprint density at radius 3 is 0.833 bits per heavy atom. The first kappa shape index (κ1) is 22.8. The first-order valence-electron chi connectivity index (χ1n) is 2.70. The Hall–Kier alpha value is 0.366. The van der Waals surface area contributed by atoms with E-state index >= 15 is 0 Å². The van der Waals surface area contributed by atoms with Crippen LogP contribution < -0.4 is 0 Å². The Labute approximate surface area is 86.1 Å². The van der Waals surface area contributed by atoms with Gasteiger partial charge in [0, 0.05) is 0 Å². The van der Waals surface area contributed by atoms with E-state index in [1.807, 2.05) is 0 Å². The van der Waals surface area contributed by atoms with Gasteiger partial charge in [0.05, 0.1) is 12.4 Å². The fraction of sp³-hybridized carbons (Fsp3) is 1.00. The monoisotopic (exact) mass is 377 g/mol. The molecule has 0 atom stereocenters. The number of rotatable bonds is 2. The van der Waals surface area contributed by atoms with Gasteiger partial charge in [0.2, 0.25) is 0 Å². The zero-order valence-electron chi connectivity index (χ0n) is 6.45. The van der Waals surface area contributed by atoms with Crippen molar-refractivity contribution >= 4 is 0 Å². The minimum absolute atomic E-state index is 0. The molecule has 0 spiro atoms. The van der Waals surface area contributed by atoms with E-state index < -0.39 is 17.3 Å². The SMILES string of the molecule is [ClH2+].[NH-]CC[NH-].[NH-]CC[NH-].[O]=[Os+2]=[O]. The summed E-state index contributed by atoms with van der Waals surface area (Å²) in [5, 5.41) is 0. The summed E-state index contributed by atoms with van der Waals surface area (Å²) in [7, 11) is 0. The van der Waals surface area contributed by atoms with Crippen LogP contribution in [-0.4, -0.2) is 26.2 Å². The van der Waals surface area contributed by atoms with Gasteiger partial charge in [0.15, 0.2) is 0 Å². The Balaban J connectivity index is -0.0000000389. The summed E-state index contributed by atoms with van der Waals surface area (Å²) < 4.78 is 17.0. The van der Waals surface area contributed by atoms with Crippen LogP contribution in [0.5, 0.6) is 0 Å². The van der Waals surface area contributed by atoms with E-state index in [1.54, 1.807) is 0 Å². The first-order chi connectivity index (χ1) is 5.24. The van der Waals surface area contributed by atoms with E-state index in [4.69, 9.17) is 30.0 Å². The molecule has 0 aromatic heterocycles. The van der Waals surface area contributed by atoms with Crippen LogP contribution in [0.3, 0.4) is 0 Å². The van der Waals surface area contributed by atoms with E-state index in [9.17, 15) is 0 Å². The van der Waals surface area contributed by atoms with Crippen molar-refractivity contribution in [2.24, 2.45) is 0 Å². The molecule has 0 heterocycles. The average Bonchev–Trinajstić information content (AvgIpc) is 2.06. The van der Waals surface area contributed by atoms with Crippen molar-refractivity contribution < 1.29 is 36.8 Å². The van der Waals surface area contributed by atoms with Gasteiger partial charge in [-0.2, -0.15) is 26.2 Å². The molecule has 0 aliphatic heterocycles. The Bertz CT molecular complexity index is 73.5. The van der Waals surface area contributed by atoms with Crippen molar-refractivity contribution in [2.75, 3.05) is 26.2 Å². The number of hydrogen-bond acceptors (Lipinski definition) is 2. The predicted molar refractivity (Wildman–Crippen MR) is 40.9 cm³/mol. The molecule has 0 radical (unpaired) electrons. The molecular weight excluding hydrogens is 362 g/mol. The summed E-state index contributed by atoms with van der Waals surface area (Å²) in [4.78, 5) is 0. The normalized spacial score (nSPS) is 6.00. The summed E-state index contributed by atoms with van der Waals surface area (Å²) in [6, 6.07) is 0. The summed E-state index contributed by atoms with van der Waals surface area (Å²) >= 11 is -2.08.